The predicted octanol–water partition coefficient (Wildman–Crippen LogP) is 5.14. The molecular weight excluding hydrogens is 322 g/mol. The second kappa shape index (κ2) is 6.93. The number of hydrogen-bond donors (Lipinski definition) is 0. The number of carbonyl (C=O) groups is 1. The summed E-state index contributed by atoms with van der Waals surface area (Å²) in [6.07, 6.45) is 0.889. The summed E-state index contributed by atoms with van der Waals surface area (Å²) in [6.45, 7) is 4.36. The van der Waals surface area contributed by atoms with Crippen molar-refractivity contribution in [1.29, 1.82) is 0 Å². The number of carbonyl (C=O) groups excluding carboxylic acids is 1. The molecule has 4 heteroatoms. The molecule has 0 aliphatic heterocycles. The molecule has 1 aromatic heterocycles. The maximum atomic E-state index is 11.1. The van der Waals surface area contributed by atoms with Gasteiger partial charge in [-0.3, -0.25) is 4.79 Å². The van der Waals surface area contributed by atoms with Gasteiger partial charge in [0, 0.05) is 33.2 Å². The summed E-state index contributed by atoms with van der Waals surface area (Å²) in [6, 6.07) is 17.3. The molecule has 0 bridgehead atoms. The molecular formula is C20H18ClNO2. The number of aryl methyl sites for hydroxylation is 1. The summed E-state index contributed by atoms with van der Waals surface area (Å²) in [5.41, 5.74) is 4.64. The van der Waals surface area contributed by atoms with Gasteiger partial charge in [0.15, 0.2) is 6.29 Å². The maximum absolute atomic E-state index is 11.1. The molecule has 0 atom stereocenters. The van der Waals surface area contributed by atoms with E-state index in [-0.39, 0.29) is 0 Å². The van der Waals surface area contributed by atoms with Gasteiger partial charge in [-0.05, 0) is 50.2 Å². The molecule has 0 unspecified atom stereocenters. The van der Waals surface area contributed by atoms with Crippen molar-refractivity contribution in [2.45, 2.75) is 20.5 Å². The lowest BCUT2D eigenvalue weighted by atomic mass is 10.2. The molecule has 2 aromatic carbocycles. The Bertz CT molecular complexity index is 866. The van der Waals surface area contributed by atoms with E-state index >= 15 is 0 Å². The van der Waals surface area contributed by atoms with Crippen LogP contribution in [-0.2, 0) is 6.61 Å². The average Bonchev–Trinajstić information content (AvgIpc) is 2.88. The van der Waals surface area contributed by atoms with Crippen molar-refractivity contribution in [1.82, 2.24) is 4.57 Å². The zero-order chi connectivity index (χ0) is 17.1. The Kier molecular flexibility index (Phi) is 4.72. The third kappa shape index (κ3) is 3.22. The fraction of sp³-hybridized carbons (Fsp3) is 0.150. The monoisotopic (exact) mass is 339 g/mol. The first-order valence-corrected chi connectivity index (χ1v) is 8.08. The Labute approximate surface area is 146 Å². The standard InChI is InChI=1S/C20H18ClNO2/c1-14-11-17(12-23)15(2)22(14)18-7-9-19(10-8-18)24-13-16-5-3-4-6-20(16)21/h3-12H,13H2,1-2H3. The van der Waals surface area contributed by atoms with Crippen molar-refractivity contribution < 1.29 is 9.53 Å². The van der Waals surface area contributed by atoms with Gasteiger partial charge in [-0.15, -0.1) is 0 Å². The number of aldehydes is 1. The highest BCUT2D eigenvalue weighted by Crippen LogP contribution is 2.23. The van der Waals surface area contributed by atoms with Crippen molar-refractivity contribution in [3.8, 4) is 11.4 Å². The Morgan fingerprint density at radius 2 is 1.79 bits per heavy atom. The van der Waals surface area contributed by atoms with E-state index in [9.17, 15) is 4.79 Å². The van der Waals surface area contributed by atoms with E-state index in [0.717, 1.165) is 34.7 Å². The molecule has 0 saturated heterocycles. The molecule has 3 nitrogen and oxygen atoms in total. The van der Waals surface area contributed by atoms with Gasteiger partial charge in [0.25, 0.3) is 0 Å². The minimum Gasteiger partial charge on any atom is -0.489 e. The second-order valence-corrected chi connectivity index (χ2v) is 6.06. The third-order valence-corrected chi connectivity index (χ3v) is 4.41. The lowest BCUT2D eigenvalue weighted by Crippen LogP contribution is -2.00. The molecule has 0 fully saturated rings. The van der Waals surface area contributed by atoms with Crippen molar-refractivity contribution in [2.24, 2.45) is 0 Å². The Balaban J connectivity index is 1.78. The Morgan fingerprint density at radius 1 is 1.08 bits per heavy atom. The molecule has 0 spiro atoms. The topological polar surface area (TPSA) is 31.2 Å². The van der Waals surface area contributed by atoms with Crippen LogP contribution in [-0.4, -0.2) is 10.9 Å². The number of aromatic nitrogens is 1. The number of ether oxygens (including phenoxy) is 1. The summed E-state index contributed by atoms with van der Waals surface area (Å²) >= 11 is 6.13. The van der Waals surface area contributed by atoms with E-state index in [0.29, 0.717) is 17.2 Å². The summed E-state index contributed by atoms with van der Waals surface area (Å²) in [5.74, 6) is 0.775. The largest absolute Gasteiger partial charge is 0.489 e. The highest BCUT2D eigenvalue weighted by molar-refractivity contribution is 6.31. The predicted molar refractivity (Wildman–Crippen MR) is 96.4 cm³/mol. The van der Waals surface area contributed by atoms with Crippen LogP contribution in [0.4, 0.5) is 0 Å². The molecule has 1 heterocycles. The van der Waals surface area contributed by atoms with E-state index in [4.69, 9.17) is 16.3 Å². The first-order valence-electron chi connectivity index (χ1n) is 7.71. The molecule has 0 aliphatic rings. The smallest absolute Gasteiger partial charge is 0.151 e. The molecule has 122 valence electrons. The van der Waals surface area contributed by atoms with Crippen molar-refractivity contribution in [2.75, 3.05) is 0 Å². The highest BCUT2D eigenvalue weighted by atomic mass is 35.5. The normalized spacial score (nSPS) is 10.6. The molecule has 0 saturated carbocycles. The molecule has 3 rings (SSSR count). The Morgan fingerprint density at radius 3 is 2.42 bits per heavy atom. The van der Waals surface area contributed by atoms with E-state index in [1.54, 1.807) is 0 Å². The fourth-order valence-corrected chi connectivity index (χ4v) is 2.96. The minimum atomic E-state index is 0.426. The van der Waals surface area contributed by atoms with Crippen LogP contribution in [0.1, 0.15) is 27.3 Å². The first-order chi connectivity index (χ1) is 11.6. The summed E-state index contributed by atoms with van der Waals surface area (Å²) < 4.78 is 7.86. The quantitative estimate of drug-likeness (QED) is 0.603. The van der Waals surface area contributed by atoms with Crippen LogP contribution in [0.25, 0.3) is 5.69 Å². The zero-order valence-electron chi connectivity index (χ0n) is 13.6. The van der Waals surface area contributed by atoms with Crippen LogP contribution in [0, 0.1) is 13.8 Å². The lowest BCUT2D eigenvalue weighted by Gasteiger charge is -2.12. The van der Waals surface area contributed by atoms with E-state index < -0.39 is 0 Å². The van der Waals surface area contributed by atoms with Crippen molar-refractivity contribution >= 4 is 17.9 Å². The number of benzene rings is 2. The molecule has 0 N–H and O–H groups in total. The van der Waals surface area contributed by atoms with Crippen LogP contribution in [0.5, 0.6) is 5.75 Å². The zero-order valence-corrected chi connectivity index (χ0v) is 14.4. The number of hydrogen-bond acceptors (Lipinski definition) is 2. The van der Waals surface area contributed by atoms with Crippen molar-refractivity contribution in [3.05, 3.63) is 82.1 Å². The average molecular weight is 340 g/mol. The van der Waals surface area contributed by atoms with E-state index in [1.807, 2.05) is 68.4 Å². The second-order valence-electron chi connectivity index (χ2n) is 5.65. The van der Waals surface area contributed by atoms with Gasteiger partial charge in [-0.25, -0.2) is 0 Å². The molecule has 0 radical (unpaired) electrons. The van der Waals surface area contributed by atoms with Gasteiger partial charge in [0.1, 0.15) is 12.4 Å². The van der Waals surface area contributed by atoms with Crippen LogP contribution in [0.3, 0.4) is 0 Å². The fourth-order valence-electron chi connectivity index (χ4n) is 2.77. The van der Waals surface area contributed by atoms with Gasteiger partial charge < -0.3 is 9.30 Å². The summed E-state index contributed by atoms with van der Waals surface area (Å²) in [7, 11) is 0. The van der Waals surface area contributed by atoms with Gasteiger partial charge in [-0.2, -0.15) is 0 Å². The SMILES string of the molecule is Cc1cc(C=O)c(C)n1-c1ccc(OCc2ccccc2Cl)cc1. The number of halogens is 1. The van der Waals surface area contributed by atoms with E-state index in [2.05, 4.69) is 4.57 Å². The molecule has 3 aromatic rings. The number of rotatable bonds is 5. The van der Waals surface area contributed by atoms with Crippen LogP contribution in [0.15, 0.2) is 54.6 Å². The summed E-state index contributed by atoms with van der Waals surface area (Å²) in [4.78, 5) is 11.1. The summed E-state index contributed by atoms with van der Waals surface area (Å²) in [5, 5.41) is 0.703. The van der Waals surface area contributed by atoms with Gasteiger partial charge in [0.05, 0.1) is 0 Å². The number of nitrogens with zero attached hydrogens (tertiary/aromatic N) is 1. The first kappa shape index (κ1) is 16.3. The van der Waals surface area contributed by atoms with Gasteiger partial charge in [-0.1, -0.05) is 29.8 Å². The van der Waals surface area contributed by atoms with Crippen LogP contribution >= 0.6 is 11.6 Å². The molecule has 24 heavy (non-hydrogen) atoms. The lowest BCUT2D eigenvalue weighted by molar-refractivity contribution is 0.112. The Hall–Kier alpha value is -2.52. The van der Waals surface area contributed by atoms with Crippen LogP contribution in [0.2, 0.25) is 5.02 Å². The van der Waals surface area contributed by atoms with Gasteiger partial charge >= 0.3 is 0 Å². The maximum Gasteiger partial charge on any atom is 0.151 e. The molecule has 0 aliphatic carbocycles. The van der Waals surface area contributed by atoms with Gasteiger partial charge in [0.2, 0.25) is 0 Å². The third-order valence-electron chi connectivity index (χ3n) is 4.04. The van der Waals surface area contributed by atoms with E-state index in [1.165, 1.54) is 0 Å². The van der Waals surface area contributed by atoms with Crippen LogP contribution < -0.4 is 4.74 Å². The van der Waals surface area contributed by atoms with Crippen molar-refractivity contribution in [3.63, 3.8) is 0 Å². The minimum absolute atomic E-state index is 0.426. The molecule has 0 amide bonds. The highest BCUT2D eigenvalue weighted by Gasteiger charge is 2.10.